The molecule has 0 atom stereocenters. The summed E-state index contributed by atoms with van der Waals surface area (Å²) in [6.45, 7) is 0. The third-order valence-corrected chi connectivity index (χ3v) is 5.66. The van der Waals surface area contributed by atoms with Gasteiger partial charge in [-0.05, 0) is 28.0 Å². The summed E-state index contributed by atoms with van der Waals surface area (Å²) in [5.41, 5.74) is 6.96. The average Bonchev–Trinajstić information content (AvgIpc) is 3.15. The highest BCUT2D eigenvalue weighted by molar-refractivity contribution is 6.23. The summed E-state index contributed by atoms with van der Waals surface area (Å²) in [5, 5.41) is 3.64. The Hall–Kier alpha value is -3.84. The first-order valence-corrected chi connectivity index (χ1v) is 9.88. The third kappa shape index (κ3) is 2.41. The van der Waals surface area contributed by atoms with Crippen molar-refractivity contribution < 1.29 is 4.42 Å². The second kappa shape index (κ2) is 6.35. The van der Waals surface area contributed by atoms with Gasteiger partial charge >= 0.3 is 0 Å². The van der Waals surface area contributed by atoms with Crippen molar-refractivity contribution in [1.82, 2.24) is 0 Å². The van der Waals surface area contributed by atoms with Gasteiger partial charge in [-0.2, -0.15) is 0 Å². The molecule has 6 rings (SSSR count). The largest absolute Gasteiger partial charge is 0.455 e. The Kier molecular flexibility index (Phi) is 3.54. The molecule has 1 aliphatic heterocycles. The van der Waals surface area contributed by atoms with Crippen LogP contribution in [0.5, 0.6) is 0 Å². The van der Waals surface area contributed by atoms with Crippen LogP contribution >= 0.6 is 0 Å². The maximum Gasteiger partial charge on any atom is 0.143 e. The number of benzene rings is 4. The van der Waals surface area contributed by atoms with Crippen LogP contribution in [0.25, 0.3) is 55.3 Å². The Bertz CT molecular complexity index is 1430. The quantitative estimate of drug-likeness (QED) is 0.301. The van der Waals surface area contributed by atoms with Crippen molar-refractivity contribution in [3.63, 3.8) is 0 Å². The lowest BCUT2D eigenvalue weighted by atomic mass is 9.94. The summed E-state index contributed by atoms with van der Waals surface area (Å²) >= 11 is 0. The van der Waals surface area contributed by atoms with Crippen LogP contribution in [-0.2, 0) is 0 Å². The van der Waals surface area contributed by atoms with Crippen molar-refractivity contribution >= 4 is 21.7 Å². The van der Waals surface area contributed by atoms with E-state index in [1.54, 1.807) is 0 Å². The molecular weight excluding hydrogens is 352 g/mol. The number of fused-ring (bicyclic) bond motifs is 5. The molecule has 1 nitrogen and oxygen atoms in total. The maximum absolute atomic E-state index is 6.52. The summed E-state index contributed by atoms with van der Waals surface area (Å²) in [6, 6.07) is 38.1. The highest BCUT2D eigenvalue weighted by Gasteiger charge is 2.26. The monoisotopic (exact) mass is 370 g/mol. The minimum absolute atomic E-state index is 0.909. The molecule has 2 aliphatic rings. The topological polar surface area (TPSA) is 13.1 Å². The zero-order chi connectivity index (χ0) is 19.2. The van der Waals surface area contributed by atoms with E-state index in [-0.39, 0.29) is 0 Å². The van der Waals surface area contributed by atoms with E-state index in [1.807, 2.05) is 12.1 Å². The summed E-state index contributed by atoms with van der Waals surface area (Å²) in [6.07, 6.45) is 0. The molecule has 1 heterocycles. The number of rotatable bonds is 2. The van der Waals surface area contributed by atoms with Crippen LogP contribution in [0.1, 0.15) is 0 Å². The third-order valence-electron chi connectivity index (χ3n) is 5.66. The smallest absolute Gasteiger partial charge is 0.143 e. The van der Waals surface area contributed by atoms with Gasteiger partial charge in [-0.1, -0.05) is 103 Å². The first-order valence-electron chi connectivity index (χ1n) is 9.88. The van der Waals surface area contributed by atoms with Gasteiger partial charge in [0.1, 0.15) is 11.3 Å². The van der Waals surface area contributed by atoms with E-state index in [4.69, 9.17) is 4.42 Å². The van der Waals surface area contributed by atoms with Crippen molar-refractivity contribution in [3.05, 3.63) is 109 Å². The molecule has 136 valence electrons. The van der Waals surface area contributed by atoms with Crippen molar-refractivity contribution in [3.8, 4) is 33.6 Å². The van der Waals surface area contributed by atoms with Gasteiger partial charge in [0.25, 0.3) is 0 Å². The molecule has 0 amide bonds. The molecule has 0 fully saturated rings. The van der Waals surface area contributed by atoms with E-state index in [0.29, 0.717) is 0 Å². The van der Waals surface area contributed by atoms with Crippen LogP contribution in [0.4, 0.5) is 0 Å². The lowest BCUT2D eigenvalue weighted by Gasteiger charge is -2.14. The summed E-state index contributed by atoms with van der Waals surface area (Å²) < 4.78 is 6.52. The molecule has 0 spiro atoms. The number of hydrogen-bond donors (Lipinski definition) is 0. The van der Waals surface area contributed by atoms with Crippen LogP contribution in [0.2, 0.25) is 0 Å². The van der Waals surface area contributed by atoms with E-state index in [9.17, 15) is 0 Å². The highest BCUT2D eigenvalue weighted by Crippen LogP contribution is 2.52. The zero-order valence-corrected chi connectivity index (χ0v) is 15.8. The molecule has 0 saturated heterocycles. The van der Waals surface area contributed by atoms with E-state index < -0.39 is 0 Å². The molecule has 29 heavy (non-hydrogen) atoms. The van der Waals surface area contributed by atoms with Gasteiger partial charge in [-0.15, -0.1) is 0 Å². The fourth-order valence-electron chi connectivity index (χ4n) is 4.44. The standard InChI is InChI=1S/C28H18O/c1-3-11-19(12-4-1)25-21-15-7-8-16-22(21)27-26(25)23-17-9-10-18-24(23)29-28(27)20-13-5-2-6-14-20/h1-18H. The van der Waals surface area contributed by atoms with Crippen molar-refractivity contribution in [2.24, 2.45) is 0 Å². The fourth-order valence-corrected chi connectivity index (χ4v) is 4.44. The van der Waals surface area contributed by atoms with Crippen molar-refractivity contribution in [2.75, 3.05) is 0 Å². The van der Waals surface area contributed by atoms with Crippen LogP contribution in [0.3, 0.4) is 0 Å². The SMILES string of the molecule is c1ccc(-c2oc3ccccc3c3c(-c4ccccc4)c4ccccc4c2-3)cc1. The molecular formula is C28H18O. The van der Waals surface area contributed by atoms with Crippen molar-refractivity contribution in [2.45, 2.75) is 0 Å². The van der Waals surface area contributed by atoms with Gasteiger partial charge < -0.3 is 4.42 Å². The van der Waals surface area contributed by atoms with Gasteiger partial charge in [0, 0.05) is 22.1 Å². The Balaban J connectivity index is 1.88. The molecule has 1 heteroatoms. The molecule has 4 aromatic rings. The Morgan fingerprint density at radius 3 is 1.59 bits per heavy atom. The van der Waals surface area contributed by atoms with Gasteiger partial charge in [-0.3, -0.25) is 0 Å². The minimum atomic E-state index is 0.909. The molecule has 0 radical (unpaired) electrons. The second-order valence-corrected chi connectivity index (χ2v) is 7.33. The van der Waals surface area contributed by atoms with Crippen LogP contribution < -0.4 is 0 Å². The van der Waals surface area contributed by atoms with E-state index >= 15 is 0 Å². The van der Waals surface area contributed by atoms with Gasteiger partial charge in [0.2, 0.25) is 0 Å². The van der Waals surface area contributed by atoms with Gasteiger partial charge in [-0.25, -0.2) is 0 Å². The van der Waals surface area contributed by atoms with Crippen LogP contribution in [0, 0.1) is 0 Å². The number of para-hydroxylation sites is 1. The predicted octanol–water partition coefficient (Wildman–Crippen LogP) is 8.02. The summed E-state index contributed by atoms with van der Waals surface area (Å²) in [7, 11) is 0. The Labute approximate surface area is 169 Å². The highest BCUT2D eigenvalue weighted by atomic mass is 16.3. The van der Waals surface area contributed by atoms with E-state index in [1.165, 1.54) is 33.0 Å². The Morgan fingerprint density at radius 2 is 0.897 bits per heavy atom. The van der Waals surface area contributed by atoms with E-state index in [0.717, 1.165) is 22.3 Å². The van der Waals surface area contributed by atoms with Gasteiger partial charge in [0.05, 0.1) is 0 Å². The molecule has 0 bridgehead atoms. The Morgan fingerprint density at radius 1 is 0.379 bits per heavy atom. The first-order chi connectivity index (χ1) is 14.4. The predicted molar refractivity (Wildman–Crippen MR) is 121 cm³/mol. The van der Waals surface area contributed by atoms with Crippen LogP contribution in [-0.4, -0.2) is 0 Å². The molecule has 0 saturated carbocycles. The molecule has 0 aromatic heterocycles. The van der Waals surface area contributed by atoms with Crippen LogP contribution in [0.15, 0.2) is 114 Å². The summed E-state index contributed by atoms with van der Waals surface area (Å²) in [5.74, 6) is 0.928. The van der Waals surface area contributed by atoms with E-state index in [2.05, 4.69) is 97.1 Å². The zero-order valence-electron chi connectivity index (χ0n) is 15.8. The average molecular weight is 370 g/mol. The van der Waals surface area contributed by atoms with Gasteiger partial charge in [0.15, 0.2) is 0 Å². The number of hydrogen-bond acceptors (Lipinski definition) is 1. The molecule has 0 unspecified atom stereocenters. The first kappa shape index (κ1) is 16.1. The second-order valence-electron chi connectivity index (χ2n) is 7.33. The minimum Gasteiger partial charge on any atom is -0.455 e. The van der Waals surface area contributed by atoms with Crippen molar-refractivity contribution in [1.29, 1.82) is 0 Å². The molecule has 0 N–H and O–H groups in total. The maximum atomic E-state index is 6.52. The lowest BCUT2D eigenvalue weighted by Crippen LogP contribution is -1.88. The normalized spacial score (nSPS) is 11.4. The lowest BCUT2D eigenvalue weighted by molar-refractivity contribution is 0.622. The molecule has 4 aromatic carbocycles. The fraction of sp³-hybridized carbons (Fsp3) is 0. The molecule has 1 aliphatic carbocycles. The summed E-state index contributed by atoms with van der Waals surface area (Å²) in [4.78, 5) is 0.